The van der Waals surface area contributed by atoms with Gasteiger partial charge < -0.3 is 15.1 Å². The number of hydrogen-bond acceptors (Lipinski definition) is 3. The van der Waals surface area contributed by atoms with E-state index in [0.29, 0.717) is 19.5 Å². The molecular weight excluding hydrogens is 261 g/mol. The normalized spacial score (nSPS) is 17.8. The third kappa shape index (κ3) is 3.35. The van der Waals surface area contributed by atoms with Gasteiger partial charge in [0.1, 0.15) is 5.82 Å². The van der Waals surface area contributed by atoms with E-state index in [1.807, 2.05) is 0 Å². The lowest BCUT2D eigenvalue weighted by molar-refractivity contribution is 0.0764. The van der Waals surface area contributed by atoms with Gasteiger partial charge in [0.05, 0.1) is 18.3 Å². The first-order valence-electron chi connectivity index (χ1n) is 6.48. The monoisotopic (exact) mass is 277 g/mol. The van der Waals surface area contributed by atoms with Crippen LogP contribution in [-0.4, -0.2) is 46.8 Å². The Kier molecular flexibility index (Phi) is 4.72. The number of rotatable bonds is 2. The topological polar surface area (TPSA) is 60.8 Å². The van der Waals surface area contributed by atoms with Gasteiger partial charge in [-0.15, -0.1) is 0 Å². The Balaban J connectivity index is 2.13. The highest BCUT2D eigenvalue weighted by atomic mass is 19.1. The molecule has 0 aromatic heterocycles. The third-order valence-corrected chi connectivity index (χ3v) is 3.13. The van der Waals surface area contributed by atoms with E-state index in [0.717, 1.165) is 6.07 Å². The van der Waals surface area contributed by atoms with Gasteiger partial charge in [0.25, 0.3) is 5.91 Å². The summed E-state index contributed by atoms with van der Waals surface area (Å²) in [7, 11) is 0. The molecule has 0 saturated carbocycles. The lowest BCUT2D eigenvalue weighted by Crippen LogP contribution is -2.29. The van der Waals surface area contributed by atoms with E-state index >= 15 is 0 Å². The van der Waals surface area contributed by atoms with Crippen LogP contribution in [0.2, 0.25) is 0 Å². The van der Waals surface area contributed by atoms with Crippen molar-refractivity contribution in [3.05, 3.63) is 35.1 Å². The molecule has 2 rings (SSSR count). The molecule has 4 nitrogen and oxygen atoms in total. The zero-order chi connectivity index (χ0) is 14.5. The maximum atomic E-state index is 13.8. The maximum absolute atomic E-state index is 13.8. The summed E-state index contributed by atoms with van der Waals surface area (Å²) in [5.41, 5.74) is 0.459. The minimum Gasteiger partial charge on any atom is -0.395 e. The average Bonchev–Trinajstić information content (AvgIpc) is 2.86. The summed E-state index contributed by atoms with van der Waals surface area (Å²) in [5.74, 6) is 4.40. The summed E-state index contributed by atoms with van der Waals surface area (Å²) in [4.78, 5) is 13.6. The summed E-state index contributed by atoms with van der Waals surface area (Å²) >= 11 is 0. The van der Waals surface area contributed by atoms with E-state index in [1.54, 1.807) is 0 Å². The number of likely N-dealkylation sites (tertiary alicyclic amines) is 1. The number of nitrogens with zero attached hydrogens (tertiary/aromatic N) is 1. The molecular formula is C15H16FNO3. The molecule has 1 amide bonds. The van der Waals surface area contributed by atoms with Crippen molar-refractivity contribution < 1.29 is 19.4 Å². The van der Waals surface area contributed by atoms with Gasteiger partial charge in [-0.3, -0.25) is 4.79 Å². The van der Waals surface area contributed by atoms with Crippen molar-refractivity contribution >= 4 is 5.91 Å². The van der Waals surface area contributed by atoms with Crippen molar-refractivity contribution in [3.63, 3.8) is 0 Å². The Morgan fingerprint density at radius 1 is 1.50 bits per heavy atom. The summed E-state index contributed by atoms with van der Waals surface area (Å²) in [6.45, 7) is 0.709. The van der Waals surface area contributed by atoms with Crippen molar-refractivity contribution in [2.45, 2.75) is 18.9 Å². The Morgan fingerprint density at radius 3 is 2.90 bits per heavy atom. The Morgan fingerprint density at radius 2 is 2.30 bits per heavy atom. The van der Waals surface area contributed by atoms with Crippen molar-refractivity contribution in [1.82, 2.24) is 4.90 Å². The van der Waals surface area contributed by atoms with Crippen LogP contribution in [0.4, 0.5) is 4.39 Å². The van der Waals surface area contributed by atoms with E-state index in [9.17, 15) is 14.3 Å². The number of carbonyl (C=O) groups is 1. The van der Waals surface area contributed by atoms with Crippen molar-refractivity contribution in [3.8, 4) is 11.8 Å². The summed E-state index contributed by atoms with van der Waals surface area (Å²) < 4.78 is 13.8. The van der Waals surface area contributed by atoms with Gasteiger partial charge in [-0.05, 0) is 24.6 Å². The van der Waals surface area contributed by atoms with Crippen LogP contribution in [0.3, 0.4) is 0 Å². The van der Waals surface area contributed by atoms with E-state index in [1.165, 1.54) is 17.0 Å². The van der Waals surface area contributed by atoms with Crippen molar-refractivity contribution in [2.24, 2.45) is 0 Å². The molecule has 0 spiro atoms. The van der Waals surface area contributed by atoms with Crippen LogP contribution in [0.5, 0.6) is 0 Å². The highest BCUT2D eigenvalue weighted by Crippen LogP contribution is 2.16. The molecule has 2 N–H and O–H groups in total. The zero-order valence-corrected chi connectivity index (χ0v) is 11.0. The smallest absolute Gasteiger partial charge is 0.254 e. The molecule has 0 radical (unpaired) electrons. The predicted molar refractivity (Wildman–Crippen MR) is 71.5 cm³/mol. The van der Waals surface area contributed by atoms with E-state index in [-0.39, 0.29) is 30.1 Å². The third-order valence-electron chi connectivity index (χ3n) is 3.13. The fourth-order valence-electron chi connectivity index (χ4n) is 2.07. The lowest BCUT2D eigenvalue weighted by atomic mass is 10.1. The molecule has 106 valence electrons. The van der Waals surface area contributed by atoms with E-state index < -0.39 is 11.9 Å². The summed E-state index contributed by atoms with van der Waals surface area (Å²) in [6.07, 6.45) is 0.345. The van der Waals surface area contributed by atoms with Crippen LogP contribution in [0, 0.1) is 17.7 Å². The molecule has 5 heteroatoms. The number of aliphatic hydroxyl groups is 2. The van der Waals surface area contributed by atoms with Gasteiger partial charge in [0.15, 0.2) is 0 Å². The second kappa shape index (κ2) is 6.51. The van der Waals surface area contributed by atoms with Gasteiger partial charge in [-0.1, -0.05) is 11.8 Å². The van der Waals surface area contributed by atoms with E-state index in [4.69, 9.17) is 5.11 Å². The molecule has 1 atom stereocenters. The molecule has 1 aromatic rings. The average molecular weight is 277 g/mol. The highest BCUT2D eigenvalue weighted by Gasteiger charge is 2.25. The molecule has 1 aliphatic rings. The number of halogens is 1. The Bertz CT molecular complexity index is 562. The molecule has 0 aliphatic carbocycles. The first kappa shape index (κ1) is 14.5. The second-order valence-corrected chi connectivity index (χ2v) is 4.66. The number of β-amino-alcohol motifs (C(OH)–C–C–N with tert-alkyl or cyclic N) is 1. The maximum Gasteiger partial charge on any atom is 0.254 e. The molecule has 1 unspecified atom stereocenters. The van der Waals surface area contributed by atoms with Crippen molar-refractivity contribution in [1.29, 1.82) is 0 Å². The fourth-order valence-corrected chi connectivity index (χ4v) is 2.07. The van der Waals surface area contributed by atoms with Gasteiger partial charge in [-0.25, -0.2) is 4.39 Å². The summed E-state index contributed by atoms with van der Waals surface area (Å²) in [5, 5.41) is 18.0. The fraction of sp³-hybridized carbons (Fsp3) is 0.400. The van der Waals surface area contributed by atoms with Crippen LogP contribution in [-0.2, 0) is 0 Å². The molecule has 0 bridgehead atoms. The van der Waals surface area contributed by atoms with Gasteiger partial charge >= 0.3 is 0 Å². The minimum atomic E-state index is -0.555. The Hall–Kier alpha value is -1.90. The zero-order valence-electron chi connectivity index (χ0n) is 11.0. The lowest BCUT2D eigenvalue weighted by Gasteiger charge is -2.15. The molecule has 1 fully saturated rings. The molecule has 1 heterocycles. The highest BCUT2D eigenvalue weighted by molar-refractivity contribution is 5.94. The molecule has 1 saturated heterocycles. The van der Waals surface area contributed by atoms with Gasteiger partial charge in [-0.2, -0.15) is 0 Å². The number of aliphatic hydroxyl groups excluding tert-OH is 2. The van der Waals surface area contributed by atoms with E-state index in [2.05, 4.69) is 11.8 Å². The number of carbonyl (C=O) groups excluding carboxylic acids is 1. The van der Waals surface area contributed by atoms with Crippen LogP contribution >= 0.6 is 0 Å². The van der Waals surface area contributed by atoms with Crippen LogP contribution in [0.1, 0.15) is 28.8 Å². The van der Waals surface area contributed by atoms with Crippen LogP contribution in [0.15, 0.2) is 18.2 Å². The molecule has 1 aromatic carbocycles. The largest absolute Gasteiger partial charge is 0.395 e. The standard InChI is InChI=1S/C15H16FNO3/c16-14-9-12(5-4-11(14)3-1-2-8-18)15(20)17-7-6-13(19)10-17/h4-5,9,13,18-19H,2,6-8,10H2. The number of amides is 1. The van der Waals surface area contributed by atoms with Crippen molar-refractivity contribution in [2.75, 3.05) is 19.7 Å². The van der Waals surface area contributed by atoms with Gasteiger partial charge in [0.2, 0.25) is 0 Å². The molecule has 20 heavy (non-hydrogen) atoms. The number of benzene rings is 1. The quantitative estimate of drug-likeness (QED) is 0.785. The van der Waals surface area contributed by atoms with Gasteiger partial charge in [0, 0.05) is 25.1 Å². The second-order valence-electron chi connectivity index (χ2n) is 4.66. The van der Waals surface area contributed by atoms with Crippen LogP contribution < -0.4 is 0 Å². The predicted octanol–water partition coefficient (Wildman–Crippen LogP) is 0.766. The minimum absolute atomic E-state index is 0.0670. The molecule has 1 aliphatic heterocycles. The van der Waals surface area contributed by atoms with Crippen LogP contribution in [0.25, 0.3) is 0 Å². The Labute approximate surface area is 116 Å². The first-order chi connectivity index (χ1) is 9.61. The SMILES string of the molecule is O=C(c1ccc(C#CCCO)c(F)c1)N1CCC(O)C1. The summed E-state index contributed by atoms with van der Waals surface area (Å²) in [6, 6.07) is 4.15. The number of hydrogen-bond donors (Lipinski definition) is 2. The first-order valence-corrected chi connectivity index (χ1v) is 6.48.